The number of aryl methyl sites for hydroxylation is 1. The fourth-order valence-corrected chi connectivity index (χ4v) is 4.47. The molecule has 1 nitrogen and oxygen atoms in total. The van der Waals surface area contributed by atoms with Gasteiger partial charge in [-0.25, -0.2) is 0 Å². The van der Waals surface area contributed by atoms with Crippen LogP contribution >= 0.6 is 11.6 Å². The second-order valence-corrected chi connectivity index (χ2v) is 8.51. The number of halogens is 1. The summed E-state index contributed by atoms with van der Waals surface area (Å²) >= 11 is 6.46. The van der Waals surface area contributed by atoms with E-state index in [0.29, 0.717) is 17.3 Å². The molecule has 0 amide bonds. The molecular formula is C24H32ClN. The molecule has 0 radical (unpaired) electrons. The normalized spacial score (nSPS) is 20.2. The molecule has 26 heavy (non-hydrogen) atoms. The Bertz CT molecular complexity index is 650. The zero-order chi connectivity index (χ0) is 18.4. The Morgan fingerprint density at radius 1 is 0.962 bits per heavy atom. The van der Waals surface area contributed by atoms with Crippen LogP contribution in [0.2, 0.25) is 0 Å². The van der Waals surface area contributed by atoms with E-state index in [1.165, 1.54) is 42.4 Å². The molecule has 1 fully saturated rings. The summed E-state index contributed by atoms with van der Waals surface area (Å²) in [6.07, 6.45) is 6.03. The van der Waals surface area contributed by atoms with Gasteiger partial charge in [-0.3, -0.25) is 4.90 Å². The maximum absolute atomic E-state index is 6.46. The second-order valence-electron chi connectivity index (χ2n) is 7.95. The Hall–Kier alpha value is -1.31. The predicted octanol–water partition coefficient (Wildman–Crippen LogP) is 6.40. The lowest BCUT2D eigenvalue weighted by Crippen LogP contribution is -2.31. The molecule has 0 aliphatic heterocycles. The van der Waals surface area contributed by atoms with Crippen LogP contribution in [-0.4, -0.2) is 22.9 Å². The first-order chi connectivity index (χ1) is 12.6. The third kappa shape index (κ3) is 5.34. The average Bonchev–Trinajstić information content (AvgIpc) is 3.08. The largest absolute Gasteiger partial charge is 0.297 e. The van der Waals surface area contributed by atoms with Crippen molar-refractivity contribution < 1.29 is 0 Å². The van der Waals surface area contributed by atoms with Crippen molar-refractivity contribution in [1.29, 1.82) is 0 Å². The molecule has 0 spiro atoms. The van der Waals surface area contributed by atoms with Crippen LogP contribution in [0, 0.1) is 0 Å². The number of hydrogen-bond donors (Lipinski definition) is 0. The maximum atomic E-state index is 6.46. The molecule has 2 aromatic carbocycles. The fourth-order valence-electron chi connectivity index (χ4n) is 4.05. The second kappa shape index (κ2) is 9.58. The van der Waals surface area contributed by atoms with Crippen molar-refractivity contribution in [3.8, 4) is 0 Å². The highest BCUT2D eigenvalue weighted by molar-refractivity contribution is 6.21. The number of alkyl halides is 1. The van der Waals surface area contributed by atoms with Crippen molar-refractivity contribution in [2.45, 2.75) is 69.8 Å². The van der Waals surface area contributed by atoms with Crippen LogP contribution in [0.3, 0.4) is 0 Å². The molecule has 0 aromatic heterocycles. The molecule has 2 atom stereocenters. The van der Waals surface area contributed by atoms with Crippen LogP contribution in [-0.2, 0) is 13.0 Å². The van der Waals surface area contributed by atoms with E-state index in [1.807, 2.05) is 0 Å². The minimum Gasteiger partial charge on any atom is -0.297 e. The van der Waals surface area contributed by atoms with Crippen LogP contribution in [0.1, 0.15) is 62.1 Å². The highest BCUT2D eigenvalue weighted by atomic mass is 35.5. The van der Waals surface area contributed by atoms with Crippen LogP contribution in [0.5, 0.6) is 0 Å². The van der Waals surface area contributed by atoms with Gasteiger partial charge in [0.05, 0.1) is 0 Å². The zero-order valence-electron chi connectivity index (χ0n) is 16.2. The van der Waals surface area contributed by atoms with Crippen molar-refractivity contribution in [1.82, 2.24) is 4.90 Å². The SMILES string of the molecule is CC(C)N(CCCc1ccc(C2CCCC2Cl)cc1)Cc1ccccc1. The van der Waals surface area contributed by atoms with Gasteiger partial charge in [-0.05, 0) is 62.8 Å². The standard InChI is InChI=1S/C24H32ClN/c1-19(2)26(18-21-8-4-3-5-9-21)17-7-10-20-13-15-22(16-14-20)23-11-6-12-24(23)25/h3-5,8-9,13-16,19,23-24H,6-7,10-12,17-18H2,1-2H3. The van der Waals surface area contributed by atoms with Gasteiger partial charge in [0.1, 0.15) is 0 Å². The van der Waals surface area contributed by atoms with E-state index in [9.17, 15) is 0 Å². The van der Waals surface area contributed by atoms with Gasteiger partial charge in [-0.1, -0.05) is 61.0 Å². The summed E-state index contributed by atoms with van der Waals surface area (Å²) < 4.78 is 0. The summed E-state index contributed by atoms with van der Waals surface area (Å²) in [6, 6.07) is 20.6. The molecule has 140 valence electrons. The van der Waals surface area contributed by atoms with E-state index in [1.54, 1.807) is 0 Å². The smallest absolute Gasteiger partial charge is 0.0404 e. The quantitative estimate of drug-likeness (QED) is 0.486. The highest BCUT2D eigenvalue weighted by Gasteiger charge is 2.26. The monoisotopic (exact) mass is 369 g/mol. The van der Waals surface area contributed by atoms with Gasteiger partial charge < -0.3 is 0 Å². The van der Waals surface area contributed by atoms with Gasteiger partial charge in [0, 0.05) is 23.9 Å². The zero-order valence-corrected chi connectivity index (χ0v) is 17.0. The number of benzene rings is 2. The summed E-state index contributed by atoms with van der Waals surface area (Å²) in [7, 11) is 0. The van der Waals surface area contributed by atoms with Gasteiger partial charge in [0.15, 0.2) is 0 Å². The van der Waals surface area contributed by atoms with Gasteiger partial charge >= 0.3 is 0 Å². The van der Waals surface area contributed by atoms with E-state index < -0.39 is 0 Å². The lowest BCUT2D eigenvalue weighted by molar-refractivity contribution is 0.210. The Kier molecular flexibility index (Phi) is 7.16. The van der Waals surface area contributed by atoms with E-state index >= 15 is 0 Å². The van der Waals surface area contributed by atoms with E-state index in [0.717, 1.165) is 19.5 Å². The molecule has 0 saturated heterocycles. The first-order valence-corrected chi connectivity index (χ1v) is 10.6. The summed E-state index contributed by atoms with van der Waals surface area (Å²) in [5, 5.41) is 0.332. The molecule has 0 bridgehead atoms. The summed E-state index contributed by atoms with van der Waals surface area (Å²) in [5.41, 5.74) is 4.28. The average molecular weight is 370 g/mol. The van der Waals surface area contributed by atoms with Crippen LogP contribution in [0.15, 0.2) is 54.6 Å². The highest BCUT2D eigenvalue weighted by Crippen LogP contribution is 2.38. The predicted molar refractivity (Wildman–Crippen MR) is 113 cm³/mol. The summed E-state index contributed by atoms with van der Waals surface area (Å²) in [6.45, 7) is 6.76. The van der Waals surface area contributed by atoms with Gasteiger partial charge in [0.25, 0.3) is 0 Å². The Labute approximate surface area is 164 Å². The Balaban J connectivity index is 1.49. The van der Waals surface area contributed by atoms with Crippen molar-refractivity contribution in [3.63, 3.8) is 0 Å². The van der Waals surface area contributed by atoms with Crippen LogP contribution in [0.25, 0.3) is 0 Å². The van der Waals surface area contributed by atoms with Gasteiger partial charge in [-0.2, -0.15) is 0 Å². The molecule has 0 N–H and O–H groups in total. The molecule has 1 aliphatic carbocycles. The minimum atomic E-state index is 0.332. The third-order valence-electron chi connectivity index (χ3n) is 5.71. The molecule has 2 heteroatoms. The van der Waals surface area contributed by atoms with E-state index in [4.69, 9.17) is 11.6 Å². The van der Waals surface area contributed by atoms with E-state index in [-0.39, 0.29) is 0 Å². The molecule has 3 rings (SSSR count). The lowest BCUT2D eigenvalue weighted by atomic mass is 9.95. The van der Waals surface area contributed by atoms with Gasteiger partial charge in [-0.15, -0.1) is 11.6 Å². The summed E-state index contributed by atoms with van der Waals surface area (Å²) in [4.78, 5) is 2.57. The molecular weight excluding hydrogens is 338 g/mol. The first-order valence-electron chi connectivity index (χ1n) is 10.1. The van der Waals surface area contributed by atoms with Crippen LogP contribution < -0.4 is 0 Å². The van der Waals surface area contributed by atoms with Crippen LogP contribution in [0.4, 0.5) is 0 Å². The first kappa shape index (κ1) is 19.5. The fraction of sp³-hybridized carbons (Fsp3) is 0.500. The van der Waals surface area contributed by atoms with Crippen molar-refractivity contribution in [2.24, 2.45) is 0 Å². The van der Waals surface area contributed by atoms with Crippen molar-refractivity contribution in [3.05, 3.63) is 71.3 Å². The molecule has 2 aromatic rings. The van der Waals surface area contributed by atoms with Crippen molar-refractivity contribution >= 4 is 11.6 Å². The molecule has 1 aliphatic rings. The number of hydrogen-bond acceptors (Lipinski definition) is 1. The van der Waals surface area contributed by atoms with Crippen molar-refractivity contribution in [2.75, 3.05) is 6.54 Å². The maximum Gasteiger partial charge on any atom is 0.0404 e. The van der Waals surface area contributed by atoms with E-state index in [2.05, 4.69) is 73.3 Å². The Morgan fingerprint density at radius 2 is 1.69 bits per heavy atom. The summed E-state index contributed by atoms with van der Waals surface area (Å²) in [5.74, 6) is 0.563. The third-order valence-corrected chi connectivity index (χ3v) is 6.23. The Morgan fingerprint density at radius 3 is 2.31 bits per heavy atom. The molecule has 2 unspecified atom stereocenters. The van der Waals surface area contributed by atoms with Gasteiger partial charge in [0.2, 0.25) is 0 Å². The number of rotatable bonds is 8. The lowest BCUT2D eigenvalue weighted by Gasteiger charge is -2.26. The topological polar surface area (TPSA) is 3.24 Å². The number of nitrogens with zero attached hydrogens (tertiary/aromatic N) is 1. The molecule has 1 saturated carbocycles. The molecule has 0 heterocycles. The minimum absolute atomic E-state index is 0.332.